The average molecular weight is 373 g/mol. The van der Waals surface area contributed by atoms with E-state index in [2.05, 4.69) is 0 Å². The van der Waals surface area contributed by atoms with Crippen molar-refractivity contribution in [3.8, 4) is 21.9 Å². The van der Waals surface area contributed by atoms with Gasteiger partial charge >= 0.3 is 5.97 Å². The Balaban J connectivity index is 1.48. The molecule has 6 nitrogen and oxygen atoms in total. The summed E-state index contributed by atoms with van der Waals surface area (Å²) in [5.74, 6) is 0.340. The number of fused-ring (bicyclic) bond motifs is 1. The summed E-state index contributed by atoms with van der Waals surface area (Å²) in [6.45, 7) is 2.08. The smallest absolute Gasteiger partial charge is 0.306 e. The van der Waals surface area contributed by atoms with Crippen molar-refractivity contribution < 1.29 is 24.2 Å². The van der Waals surface area contributed by atoms with Gasteiger partial charge in [-0.15, -0.1) is 11.3 Å². The lowest BCUT2D eigenvalue weighted by Crippen LogP contribution is -2.39. The van der Waals surface area contributed by atoms with Crippen LogP contribution in [0.4, 0.5) is 0 Å². The Morgan fingerprint density at radius 2 is 1.77 bits per heavy atom. The fourth-order valence-electron chi connectivity index (χ4n) is 3.29. The van der Waals surface area contributed by atoms with Crippen LogP contribution in [0.15, 0.2) is 30.3 Å². The van der Waals surface area contributed by atoms with Gasteiger partial charge in [-0.25, -0.2) is 0 Å². The van der Waals surface area contributed by atoms with Crippen molar-refractivity contribution >= 4 is 23.2 Å². The van der Waals surface area contributed by atoms with Crippen molar-refractivity contribution in [2.45, 2.75) is 12.8 Å². The number of amides is 1. The van der Waals surface area contributed by atoms with Crippen molar-refractivity contribution in [1.29, 1.82) is 0 Å². The van der Waals surface area contributed by atoms with E-state index in [9.17, 15) is 9.59 Å². The van der Waals surface area contributed by atoms with Crippen LogP contribution in [0.1, 0.15) is 22.5 Å². The summed E-state index contributed by atoms with van der Waals surface area (Å²) in [6, 6.07) is 9.57. The molecule has 1 saturated heterocycles. The lowest BCUT2D eigenvalue weighted by molar-refractivity contribution is -0.143. The minimum Gasteiger partial charge on any atom is -0.486 e. The third-order valence-corrected chi connectivity index (χ3v) is 5.90. The van der Waals surface area contributed by atoms with Crippen LogP contribution in [-0.2, 0) is 4.79 Å². The number of thiophene rings is 1. The monoisotopic (exact) mass is 373 g/mol. The van der Waals surface area contributed by atoms with Gasteiger partial charge in [-0.05, 0) is 48.7 Å². The summed E-state index contributed by atoms with van der Waals surface area (Å²) < 4.78 is 11.2. The molecule has 0 bridgehead atoms. The third kappa shape index (κ3) is 3.26. The van der Waals surface area contributed by atoms with Gasteiger partial charge in [0, 0.05) is 18.0 Å². The van der Waals surface area contributed by atoms with Gasteiger partial charge in [-0.1, -0.05) is 0 Å². The normalized spacial score (nSPS) is 17.2. The maximum atomic E-state index is 12.7. The molecule has 2 aliphatic heterocycles. The summed E-state index contributed by atoms with van der Waals surface area (Å²) in [5.41, 5.74) is 0.989. The van der Waals surface area contributed by atoms with E-state index in [1.54, 1.807) is 4.90 Å². The number of carbonyl (C=O) groups excluding carboxylic acids is 1. The van der Waals surface area contributed by atoms with E-state index in [0.717, 1.165) is 21.9 Å². The predicted molar refractivity (Wildman–Crippen MR) is 97.0 cm³/mol. The van der Waals surface area contributed by atoms with Crippen LogP contribution >= 0.6 is 11.3 Å². The van der Waals surface area contributed by atoms with Gasteiger partial charge in [0.05, 0.1) is 10.8 Å². The number of piperidine rings is 1. The second kappa shape index (κ2) is 6.99. The lowest BCUT2D eigenvalue weighted by atomic mass is 9.97. The Labute approximate surface area is 155 Å². The predicted octanol–water partition coefficient (Wildman–Crippen LogP) is 3.12. The molecule has 4 rings (SSSR count). The first kappa shape index (κ1) is 16.9. The van der Waals surface area contributed by atoms with Crippen LogP contribution in [0.3, 0.4) is 0 Å². The average Bonchev–Trinajstić information content (AvgIpc) is 3.17. The Morgan fingerprint density at radius 3 is 2.50 bits per heavy atom. The summed E-state index contributed by atoms with van der Waals surface area (Å²) >= 11 is 1.44. The maximum absolute atomic E-state index is 12.7. The van der Waals surface area contributed by atoms with E-state index < -0.39 is 5.97 Å². The SMILES string of the molecule is O=C(O)C1CCN(C(=O)c2ccc(-c3ccc4c(c3)OCCO4)s2)CC1. The van der Waals surface area contributed by atoms with Crippen LogP contribution < -0.4 is 9.47 Å². The zero-order chi connectivity index (χ0) is 18.1. The van der Waals surface area contributed by atoms with E-state index in [0.29, 0.717) is 44.0 Å². The van der Waals surface area contributed by atoms with E-state index >= 15 is 0 Å². The second-order valence-corrected chi connectivity index (χ2v) is 7.51. The maximum Gasteiger partial charge on any atom is 0.306 e. The summed E-state index contributed by atoms with van der Waals surface area (Å²) in [6.07, 6.45) is 1.03. The number of rotatable bonds is 3. The minimum atomic E-state index is -0.769. The molecular formula is C19H19NO5S. The third-order valence-electron chi connectivity index (χ3n) is 4.77. The zero-order valence-corrected chi connectivity index (χ0v) is 15.0. The fraction of sp³-hybridized carbons (Fsp3) is 0.368. The molecule has 1 aromatic heterocycles. The van der Waals surface area contributed by atoms with Gasteiger partial charge in [0.2, 0.25) is 0 Å². The number of carboxylic acid groups (broad SMARTS) is 1. The van der Waals surface area contributed by atoms with Crippen molar-refractivity contribution in [2.75, 3.05) is 26.3 Å². The molecule has 26 heavy (non-hydrogen) atoms. The first-order valence-corrected chi connectivity index (χ1v) is 9.45. The zero-order valence-electron chi connectivity index (χ0n) is 14.1. The number of likely N-dealkylation sites (tertiary alicyclic amines) is 1. The van der Waals surface area contributed by atoms with Gasteiger partial charge in [-0.3, -0.25) is 9.59 Å². The number of benzene rings is 1. The van der Waals surface area contributed by atoms with Crippen molar-refractivity contribution in [3.63, 3.8) is 0 Å². The topological polar surface area (TPSA) is 76.1 Å². The van der Waals surface area contributed by atoms with E-state index in [1.165, 1.54) is 11.3 Å². The molecular weight excluding hydrogens is 354 g/mol. The van der Waals surface area contributed by atoms with Crippen molar-refractivity contribution in [3.05, 3.63) is 35.2 Å². The van der Waals surface area contributed by atoms with Gasteiger partial charge < -0.3 is 19.5 Å². The highest BCUT2D eigenvalue weighted by molar-refractivity contribution is 7.17. The molecule has 136 valence electrons. The molecule has 2 aromatic rings. The molecule has 0 spiro atoms. The molecule has 0 unspecified atom stereocenters. The molecule has 2 aliphatic rings. The fourth-order valence-corrected chi connectivity index (χ4v) is 4.26. The highest BCUT2D eigenvalue weighted by Crippen LogP contribution is 2.37. The van der Waals surface area contributed by atoms with Gasteiger partial charge in [0.1, 0.15) is 13.2 Å². The molecule has 1 amide bonds. The second-order valence-electron chi connectivity index (χ2n) is 6.43. The van der Waals surface area contributed by atoms with Crippen LogP contribution in [0.5, 0.6) is 11.5 Å². The molecule has 7 heteroatoms. The standard InChI is InChI=1S/C19H19NO5S/c21-18(20-7-5-12(6-8-20)19(22)23)17-4-3-16(26-17)13-1-2-14-15(11-13)25-10-9-24-14/h1-4,11-12H,5-10H2,(H,22,23). The number of carboxylic acids is 1. The molecule has 0 aliphatic carbocycles. The molecule has 1 N–H and O–H groups in total. The number of hydrogen-bond donors (Lipinski definition) is 1. The van der Waals surface area contributed by atoms with Gasteiger partial charge in [0.15, 0.2) is 11.5 Å². The number of ether oxygens (including phenoxy) is 2. The summed E-state index contributed by atoms with van der Waals surface area (Å²) in [7, 11) is 0. The highest BCUT2D eigenvalue weighted by atomic mass is 32.1. The minimum absolute atomic E-state index is 0.0253. The van der Waals surface area contributed by atoms with Crippen LogP contribution in [-0.4, -0.2) is 48.2 Å². The summed E-state index contributed by atoms with van der Waals surface area (Å²) in [5, 5.41) is 9.07. The van der Waals surface area contributed by atoms with Crippen LogP contribution in [0.25, 0.3) is 10.4 Å². The van der Waals surface area contributed by atoms with Crippen molar-refractivity contribution in [2.24, 2.45) is 5.92 Å². The van der Waals surface area contributed by atoms with Gasteiger partial charge in [-0.2, -0.15) is 0 Å². The highest BCUT2D eigenvalue weighted by Gasteiger charge is 2.28. The largest absolute Gasteiger partial charge is 0.486 e. The number of hydrogen-bond acceptors (Lipinski definition) is 5. The molecule has 0 radical (unpaired) electrons. The Bertz CT molecular complexity index is 838. The molecule has 1 fully saturated rings. The summed E-state index contributed by atoms with van der Waals surface area (Å²) in [4.78, 5) is 27.2. The lowest BCUT2D eigenvalue weighted by Gasteiger charge is -2.29. The number of nitrogens with zero attached hydrogens (tertiary/aromatic N) is 1. The molecule has 0 atom stereocenters. The van der Waals surface area contributed by atoms with Crippen molar-refractivity contribution in [1.82, 2.24) is 4.90 Å². The van der Waals surface area contributed by atoms with E-state index in [-0.39, 0.29) is 11.8 Å². The number of aliphatic carboxylic acids is 1. The quantitative estimate of drug-likeness (QED) is 0.895. The number of carbonyl (C=O) groups is 2. The molecule has 3 heterocycles. The Kier molecular flexibility index (Phi) is 4.55. The van der Waals surface area contributed by atoms with Crippen LogP contribution in [0.2, 0.25) is 0 Å². The van der Waals surface area contributed by atoms with Crippen LogP contribution in [0, 0.1) is 5.92 Å². The van der Waals surface area contributed by atoms with Gasteiger partial charge in [0.25, 0.3) is 5.91 Å². The molecule has 1 aromatic carbocycles. The van der Waals surface area contributed by atoms with E-state index in [1.807, 2.05) is 30.3 Å². The first-order chi connectivity index (χ1) is 12.6. The van der Waals surface area contributed by atoms with E-state index in [4.69, 9.17) is 14.6 Å². The Hall–Kier alpha value is -2.54. The Morgan fingerprint density at radius 1 is 1.04 bits per heavy atom. The first-order valence-electron chi connectivity index (χ1n) is 8.64. The molecule has 0 saturated carbocycles.